The summed E-state index contributed by atoms with van der Waals surface area (Å²) in [5, 5.41) is 20.3. The number of hydrogen-bond donors (Lipinski definition) is 2. The molecule has 2 N–H and O–H groups in total. The molecule has 4 heterocycles. The summed E-state index contributed by atoms with van der Waals surface area (Å²) in [6.07, 6.45) is 10.5. The van der Waals surface area contributed by atoms with E-state index >= 15 is 0 Å². The summed E-state index contributed by atoms with van der Waals surface area (Å²) in [5.74, 6) is 7.33. The zero-order valence-corrected chi connectivity index (χ0v) is 21.9. The Labute approximate surface area is 224 Å². The Balaban J connectivity index is 1.38. The number of halogens is 1. The number of rotatable bonds is 10. The monoisotopic (exact) mass is 551 g/mol. The second-order valence-corrected chi connectivity index (χ2v) is 11.0. The molecular formula is C25H26FN9O3S. The van der Waals surface area contributed by atoms with E-state index in [2.05, 4.69) is 42.3 Å². The number of nitrogens with one attached hydrogen (secondary N) is 1. The van der Waals surface area contributed by atoms with E-state index in [0.29, 0.717) is 53.5 Å². The summed E-state index contributed by atoms with van der Waals surface area (Å²) < 4.78 is 39.9. The number of alkyl halides is 1. The van der Waals surface area contributed by atoms with Crippen LogP contribution in [0.4, 0.5) is 21.7 Å². The van der Waals surface area contributed by atoms with Crippen molar-refractivity contribution >= 4 is 27.3 Å². The summed E-state index contributed by atoms with van der Waals surface area (Å²) in [6, 6.07) is 3.45. The quantitative estimate of drug-likeness (QED) is 0.280. The molecule has 1 aliphatic carbocycles. The van der Waals surface area contributed by atoms with E-state index in [1.807, 2.05) is 11.9 Å². The van der Waals surface area contributed by atoms with Gasteiger partial charge in [-0.05, 0) is 18.9 Å². The van der Waals surface area contributed by atoms with Crippen LogP contribution in [0.25, 0.3) is 11.4 Å². The Morgan fingerprint density at radius 1 is 1.15 bits per heavy atom. The second kappa shape index (κ2) is 11.2. The van der Waals surface area contributed by atoms with Crippen LogP contribution in [0, 0.1) is 11.8 Å². The van der Waals surface area contributed by atoms with Gasteiger partial charge in [0.2, 0.25) is 0 Å². The lowest BCUT2D eigenvalue weighted by atomic mass is 10.2. The second-order valence-electron chi connectivity index (χ2n) is 8.90. The minimum atomic E-state index is -3.49. The number of hydrogen-bond acceptors (Lipinski definition) is 10. The lowest BCUT2D eigenvalue weighted by molar-refractivity contribution is 0.304. The third kappa shape index (κ3) is 6.05. The number of likely N-dealkylation sites (N-methyl/N-ethyl adjacent to an activating group) is 1. The maximum Gasteiger partial charge on any atom is 0.256 e. The van der Waals surface area contributed by atoms with E-state index in [9.17, 15) is 17.9 Å². The van der Waals surface area contributed by atoms with Gasteiger partial charge in [-0.2, -0.15) is 14.3 Å². The maximum absolute atomic E-state index is 12.6. The average Bonchev–Trinajstić information content (AvgIpc) is 3.51. The van der Waals surface area contributed by atoms with Gasteiger partial charge in [0.25, 0.3) is 10.0 Å². The predicted octanol–water partition coefficient (Wildman–Crippen LogP) is 1.81. The molecule has 202 valence electrons. The van der Waals surface area contributed by atoms with Crippen LogP contribution in [0.15, 0.2) is 49.3 Å². The van der Waals surface area contributed by atoms with E-state index in [-0.39, 0.29) is 18.4 Å². The molecule has 39 heavy (non-hydrogen) atoms. The van der Waals surface area contributed by atoms with E-state index in [4.69, 9.17) is 0 Å². The zero-order valence-electron chi connectivity index (χ0n) is 21.1. The molecule has 0 unspecified atom stereocenters. The largest absolute Gasteiger partial charge is 0.395 e. The molecule has 0 amide bonds. The highest BCUT2D eigenvalue weighted by atomic mass is 32.2. The summed E-state index contributed by atoms with van der Waals surface area (Å²) in [4.78, 5) is 15.1. The number of nitrogens with zero attached hydrogens (tertiary/aromatic N) is 8. The van der Waals surface area contributed by atoms with Crippen molar-refractivity contribution in [2.75, 3.05) is 37.1 Å². The van der Waals surface area contributed by atoms with E-state index in [1.54, 1.807) is 36.9 Å². The van der Waals surface area contributed by atoms with Crippen molar-refractivity contribution in [1.82, 2.24) is 33.9 Å². The van der Waals surface area contributed by atoms with Gasteiger partial charge in [0, 0.05) is 38.2 Å². The molecule has 0 radical (unpaired) electrons. The molecule has 12 nitrogen and oxygen atoms in total. The smallest absolute Gasteiger partial charge is 0.256 e. The standard InChI is InChI=1S/C25H26FN9O3S/c1-33(10-11-36)22-12-24(28-14-19(22)3-2-18-13-29-34(16-18)9-7-26)31-23-6-8-27-25(32-23)20-15-30-35(17-20)39(37,38)21-4-5-21/h6,8,12-17,21,36H,4-5,7,9-11H2,1H3,(H,27,28,31,32). The van der Waals surface area contributed by atoms with Crippen LogP contribution in [0.2, 0.25) is 0 Å². The fourth-order valence-electron chi connectivity index (χ4n) is 3.75. The van der Waals surface area contributed by atoms with Crippen LogP contribution >= 0.6 is 0 Å². The first kappa shape index (κ1) is 26.3. The third-order valence-corrected chi connectivity index (χ3v) is 7.99. The Bertz CT molecular complexity index is 1640. The number of pyridine rings is 1. The first-order valence-electron chi connectivity index (χ1n) is 12.2. The summed E-state index contributed by atoms with van der Waals surface area (Å²) in [7, 11) is -1.66. The molecule has 0 aromatic carbocycles. The molecule has 0 aliphatic heterocycles. The molecule has 0 saturated heterocycles. The number of aromatic nitrogens is 7. The van der Waals surface area contributed by atoms with Crippen molar-refractivity contribution in [1.29, 1.82) is 0 Å². The zero-order chi connectivity index (χ0) is 27.4. The van der Waals surface area contributed by atoms with Gasteiger partial charge < -0.3 is 15.3 Å². The molecule has 5 rings (SSSR count). The van der Waals surface area contributed by atoms with Crippen LogP contribution in [0.3, 0.4) is 0 Å². The van der Waals surface area contributed by atoms with Crippen molar-refractivity contribution in [3.63, 3.8) is 0 Å². The maximum atomic E-state index is 12.6. The third-order valence-electron chi connectivity index (χ3n) is 5.95. The first-order chi connectivity index (χ1) is 18.9. The van der Waals surface area contributed by atoms with Gasteiger partial charge in [-0.3, -0.25) is 4.68 Å². The lowest BCUT2D eigenvalue weighted by Crippen LogP contribution is -2.22. The molecule has 0 atom stereocenters. The van der Waals surface area contributed by atoms with Crippen LogP contribution in [0.5, 0.6) is 0 Å². The molecule has 0 bridgehead atoms. The van der Waals surface area contributed by atoms with Crippen LogP contribution < -0.4 is 10.2 Å². The van der Waals surface area contributed by atoms with Crippen molar-refractivity contribution < 1.29 is 17.9 Å². The molecule has 1 fully saturated rings. The van der Waals surface area contributed by atoms with Crippen molar-refractivity contribution in [2.45, 2.75) is 24.6 Å². The topological polar surface area (TPSA) is 144 Å². The summed E-state index contributed by atoms with van der Waals surface area (Å²) in [6.45, 7) is -0.0224. The fourth-order valence-corrected chi connectivity index (χ4v) is 5.23. The fraction of sp³-hybridized carbons (Fsp3) is 0.320. The molecule has 14 heteroatoms. The first-order valence-corrected chi connectivity index (χ1v) is 13.7. The van der Waals surface area contributed by atoms with Crippen molar-refractivity contribution in [3.8, 4) is 23.2 Å². The molecular weight excluding hydrogens is 525 g/mol. The van der Waals surface area contributed by atoms with Gasteiger partial charge in [0.15, 0.2) is 5.82 Å². The molecule has 1 aliphatic rings. The Hall–Kier alpha value is -4.35. The minimum Gasteiger partial charge on any atom is -0.395 e. The van der Waals surface area contributed by atoms with E-state index < -0.39 is 16.7 Å². The van der Waals surface area contributed by atoms with Crippen LogP contribution in [0.1, 0.15) is 24.0 Å². The average molecular weight is 552 g/mol. The highest BCUT2D eigenvalue weighted by Gasteiger charge is 2.37. The molecule has 1 saturated carbocycles. The Kier molecular flexibility index (Phi) is 7.53. The van der Waals surface area contributed by atoms with Crippen LogP contribution in [-0.4, -0.2) is 79.6 Å². The van der Waals surface area contributed by atoms with E-state index in [0.717, 1.165) is 9.77 Å². The highest BCUT2D eigenvalue weighted by Crippen LogP contribution is 2.30. The van der Waals surface area contributed by atoms with Crippen molar-refractivity contribution in [3.05, 3.63) is 60.4 Å². The SMILES string of the molecule is CN(CCO)c1cc(Nc2ccnc(-c3cnn(S(=O)(=O)C4CC4)c3)n2)ncc1C#Cc1cnn(CCF)c1. The van der Waals surface area contributed by atoms with Gasteiger partial charge >= 0.3 is 0 Å². The Morgan fingerprint density at radius 3 is 2.77 bits per heavy atom. The van der Waals surface area contributed by atoms with Gasteiger partial charge in [-0.25, -0.2) is 27.8 Å². The predicted molar refractivity (Wildman–Crippen MR) is 143 cm³/mol. The van der Waals surface area contributed by atoms with Gasteiger partial charge in [-0.15, -0.1) is 0 Å². The summed E-state index contributed by atoms with van der Waals surface area (Å²) in [5.41, 5.74) is 2.47. The van der Waals surface area contributed by atoms with Crippen molar-refractivity contribution in [2.24, 2.45) is 0 Å². The molecule has 4 aromatic rings. The highest BCUT2D eigenvalue weighted by molar-refractivity contribution is 7.90. The molecule has 4 aromatic heterocycles. The lowest BCUT2D eigenvalue weighted by Gasteiger charge is -2.20. The van der Waals surface area contributed by atoms with E-state index in [1.165, 1.54) is 17.1 Å². The normalized spacial score (nSPS) is 13.1. The number of aliphatic hydroxyl groups excluding tert-OH is 1. The number of anilines is 3. The number of aliphatic hydroxyl groups is 1. The van der Waals surface area contributed by atoms with Gasteiger partial charge in [-0.1, -0.05) is 11.8 Å². The van der Waals surface area contributed by atoms with Gasteiger partial charge in [0.1, 0.15) is 18.3 Å². The Morgan fingerprint density at radius 2 is 2.00 bits per heavy atom. The summed E-state index contributed by atoms with van der Waals surface area (Å²) >= 11 is 0. The molecule has 0 spiro atoms. The van der Waals surface area contributed by atoms with Crippen LogP contribution in [-0.2, 0) is 16.6 Å². The minimum absolute atomic E-state index is 0.0517. The van der Waals surface area contributed by atoms with Gasteiger partial charge in [0.05, 0.1) is 59.4 Å². The number of aryl methyl sites for hydroxylation is 1.